The molecule has 3 N–H and O–H groups in total. The molecule has 0 radical (unpaired) electrons. The van der Waals surface area contributed by atoms with E-state index in [0.29, 0.717) is 29.5 Å². The number of rotatable bonds is 6. The molecule has 0 saturated heterocycles. The fourth-order valence-corrected chi connectivity index (χ4v) is 6.25. The maximum atomic E-state index is 13.1. The molecule has 0 spiro atoms. The molecule has 2 aromatic heterocycles. The summed E-state index contributed by atoms with van der Waals surface area (Å²) in [6.45, 7) is 3.72. The van der Waals surface area contributed by atoms with Crippen LogP contribution in [0.15, 0.2) is 36.7 Å². The molecule has 2 aliphatic rings. The highest BCUT2D eigenvalue weighted by Crippen LogP contribution is 2.51. The number of hydrogen-bond acceptors (Lipinski definition) is 7. The summed E-state index contributed by atoms with van der Waals surface area (Å²) in [5.74, 6) is -1.15. The average Bonchev–Trinajstić information content (AvgIpc) is 3.53. The molecular formula is C26H27F3N4O3S. The highest BCUT2D eigenvalue weighted by atomic mass is 32.1. The number of carbonyl (C=O) groups is 1. The molecule has 11 heteroatoms. The molecular weight excluding hydrogens is 505 g/mol. The van der Waals surface area contributed by atoms with E-state index >= 15 is 0 Å². The summed E-state index contributed by atoms with van der Waals surface area (Å²) in [7, 11) is 0. The van der Waals surface area contributed by atoms with Gasteiger partial charge in [-0.1, -0.05) is 13.8 Å². The van der Waals surface area contributed by atoms with E-state index in [0.717, 1.165) is 41.1 Å². The number of alkyl halides is 3. The van der Waals surface area contributed by atoms with Gasteiger partial charge in [-0.2, -0.15) is 13.2 Å². The van der Waals surface area contributed by atoms with Gasteiger partial charge >= 0.3 is 12.1 Å². The number of aliphatic carboxylic acids is 1. The second-order valence-corrected chi connectivity index (χ2v) is 11.7. The highest BCUT2D eigenvalue weighted by Gasteiger charge is 2.49. The van der Waals surface area contributed by atoms with Crippen LogP contribution in [0, 0.1) is 11.3 Å². The number of nitrogens with zero attached hydrogens (tertiary/aromatic N) is 3. The zero-order valence-electron chi connectivity index (χ0n) is 20.3. The van der Waals surface area contributed by atoms with Gasteiger partial charge in [-0.25, -0.2) is 15.0 Å². The Morgan fingerprint density at radius 2 is 1.92 bits per heavy atom. The number of anilines is 2. The van der Waals surface area contributed by atoms with Crippen LogP contribution in [0.2, 0.25) is 0 Å². The Kier molecular flexibility index (Phi) is 6.26. The third kappa shape index (κ3) is 5.33. The standard InChI is InChI=1S/C26H27F3N4O3S/c1-24(2)13-25(36,7-5-18(24)21(34)35)22-31-12-19(37-22)16-9-15(14-3-4-14)10-17(11-16)32-23-30-8-6-20(33-23)26(27,28)29/h6,8-12,14,18,36H,3-5,7,13H2,1-2H3,(H,34,35)(H,30,32,33). The summed E-state index contributed by atoms with van der Waals surface area (Å²) in [5.41, 5.74) is -0.397. The van der Waals surface area contributed by atoms with Gasteiger partial charge in [0.15, 0.2) is 0 Å². The highest BCUT2D eigenvalue weighted by molar-refractivity contribution is 7.15. The van der Waals surface area contributed by atoms with Crippen LogP contribution < -0.4 is 5.32 Å². The quantitative estimate of drug-likeness (QED) is 0.340. The number of carboxylic acid groups (broad SMARTS) is 1. The van der Waals surface area contributed by atoms with E-state index in [1.807, 2.05) is 32.0 Å². The normalized spacial score (nSPS) is 23.6. The van der Waals surface area contributed by atoms with E-state index in [2.05, 4.69) is 20.3 Å². The zero-order chi connectivity index (χ0) is 26.6. The van der Waals surface area contributed by atoms with E-state index in [9.17, 15) is 28.2 Å². The Balaban J connectivity index is 1.44. The van der Waals surface area contributed by atoms with Crippen LogP contribution in [-0.2, 0) is 16.6 Å². The van der Waals surface area contributed by atoms with Crippen molar-refractivity contribution >= 4 is 28.9 Å². The van der Waals surface area contributed by atoms with E-state index in [1.165, 1.54) is 11.3 Å². The summed E-state index contributed by atoms with van der Waals surface area (Å²) in [6.07, 6.45) is 1.21. The summed E-state index contributed by atoms with van der Waals surface area (Å²) >= 11 is 1.35. The number of hydrogen-bond donors (Lipinski definition) is 3. The summed E-state index contributed by atoms with van der Waals surface area (Å²) in [4.78, 5) is 24.5. The van der Waals surface area contributed by atoms with Gasteiger partial charge in [0.2, 0.25) is 5.95 Å². The van der Waals surface area contributed by atoms with E-state index < -0.39 is 34.8 Å². The lowest BCUT2D eigenvalue weighted by molar-refractivity contribution is -0.154. The topological polar surface area (TPSA) is 108 Å². The molecule has 2 aliphatic carbocycles. The first-order valence-corrected chi connectivity index (χ1v) is 12.9. The van der Waals surface area contributed by atoms with Crippen molar-refractivity contribution in [1.82, 2.24) is 15.0 Å². The van der Waals surface area contributed by atoms with E-state index in [-0.39, 0.29) is 12.4 Å². The Morgan fingerprint density at radius 3 is 2.57 bits per heavy atom. The first-order chi connectivity index (χ1) is 17.3. The summed E-state index contributed by atoms with van der Waals surface area (Å²) in [5, 5.41) is 24.5. The first-order valence-electron chi connectivity index (χ1n) is 12.1. The van der Waals surface area contributed by atoms with Crippen LogP contribution in [0.3, 0.4) is 0 Å². The number of nitrogens with one attached hydrogen (secondary N) is 1. The Bertz CT molecular complexity index is 1340. The van der Waals surface area contributed by atoms with Crippen LogP contribution >= 0.6 is 11.3 Å². The Labute approximate surface area is 215 Å². The smallest absolute Gasteiger partial charge is 0.433 e. The second kappa shape index (κ2) is 9.05. The van der Waals surface area contributed by atoms with Gasteiger partial charge in [-0.3, -0.25) is 4.79 Å². The lowest BCUT2D eigenvalue weighted by Crippen LogP contribution is -2.44. The number of thiazole rings is 1. The number of aliphatic hydroxyl groups is 1. The molecule has 0 aliphatic heterocycles. The number of aromatic nitrogens is 3. The molecule has 37 heavy (non-hydrogen) atoms. The maximum Gasteiger partial charge on any atom is 0.433 e. The lowest BCUT2D eigenvalue weighted by atomic mass is 9.63. The van der Waals surface area contributed by atoms with Gasteiger partial charge in [-0.05, 0) is 78.8 Å². The van der Waals surface area contributed by atoms with Crippen LogP contribution in [-0.4, -0.2) is 31.1 Å². The molecule has 7 nitrogen and oxygen atoms in total. The predicted octanol–water partition coefficient (Wildman–Crippen LogP) is 6.34. The molecule has 2 fully saturated rings. The van der Waals surface area contributed by atoms with Crippen molar-refractivity contribution in [2.24, 2.45) is 11.3 Å². The van der Waals surface area contributed by atoms with Crippen molar-refractivity contribution in [3.8, 4) is 10.4 Å². The predicted molar refractivity (Wildman–Crippen MR) is 132 cm³/mol. The minimum atomic E-state index is -4.57. The second-order valence-electron chi connectivity index (χ2n) is 10.7. The van der Waals surface area contributed by atoms with E-state index in [4.69, 9.17) is 0 Å². The van der Waals surface area contributed by atoms with Crippen molar-refractivity contribution in [3.05, 3.63) is 52.9 Å². The van der Waals surface area contributed by atoms with Crippen LogP contribution in [0.4, 0.5) is 24.8 Å². The third-order valence-electron chi connectivity index (χ3n) is 7.23. The van der Waals surface area contributed by atoms with Crippen molar-refractivity contribution in [1.29, 1.82) is 0 Å². The van der Waals surface area contributed by atoms with Crippen LogP contribution in [0.5, 0.6) is 0 Å². The Hall–Kier alpha value is -3.05. The minimum absolute atomic E-state index is 0.148. The molecule has 0 amide bonds. The fraction of sp³-hybridized carbons (Fsp3) is 0.462. The van der Waals surface area contributed by atoms with Gasteiger partial charge in [0.25, 0.3) is 0 Å². The number of carboxylic acids is 1. The molecule has 5 rings (SSSR count). The van der Waals surface area contributed by atoms with Crippen LogP contribution in [0.1, 0.15) is 68.1 Å². The lowest BCUT2D eigenvalue weighted by Gasteiger charge is -2.44. The van der Waals surface area contributed by atoms with E-state index in [1.54, 1.807) is 6.20 Å². The molecule has 2 saturated carbocycles. The fourth-order valence-electron chi connectivity index (χ4n) is 5.23. The Morgan fingerprint density at radius 1 is 1.16 bits per heavy atom. The van der Waals surface area contributed by atoms with Crippen molar-refractivity contribution in [2.45, 2.75) is 63.6 Å². The molecule has 196 valence electrons. The van der Waals surface area contributed by atoms with Gasteiger partial charge in [0.05, 0.1) is 10.8 Å². The minimum Gasteiger partial charge on any atom is -0.481 e. The van der Waals surface area contributed by atoms with Crippen molar-refractivity contribution in [3.63, 3.8) is 0 Å². The number of halogens is 3. The molecule has 2 atom stereocenters. The summed E-state index contributed by atoms with van der Waals surface area (Å²) in [6, 6.07) is 6.58. The molecule has 3 aromatic rings. The average molecular weight is 533 g/mol. The number of benzene rings is 1. The van der Waals surface area contributed by atoms with Gasteiger partial charge < -0.3 is 15.5 Å². The van der Waals surface area contributed by atoms with Gasteiger partial charge in [0, 0.05) is 18.1 Å². The zero-order valence-corrected chi connectivity index (χ0v) is 21.2. The van der Waals surface area contributed by atoms with Crippen LogP contribution in [0.25, 0.3) is 10.4 Å². The SMILES string of the molecule is CC1(C)CC(O)(c2ncc(-c3cc(Nc4nccc(C(F)(F)F)n4)cc(C4CC4)c3)s2)CCC1C(=O)O. The molecule has 2 heterocycles. The maximum absolute atomic E-state index is 13.1. The van der Waals surface area contributed by atoms with Gasteiger partial charge in [-0.15, -0.1) is 11.3 Å². The van der Waals surface area contributed by atoms with Crippen molar-refractivity contribution < 1.29 is 28.2 Å². The molecule has 1 aromatic carbocycles. The third-order valence-corrected chi connectivity index (χ3v) is 8.47. The van der Waals surface area contributed by atoms with Crippen molar-refractivity contribution in [2.75, 3.05) is 5.32 Å². The first kappa shape index (κ1) is 25.6. The molecule has 2 unspecified atom stereocenters. The van der Waals surface area contributed by atoms with Gasteiger partial charge in [0.1, 0.15) is 16.3 Å². The summed E-state index contributed by atoms with van der Waals surface area (Å²) < 4.78 is 39.3. The monoisotopic (exact) mass is 532 g/mol. The molecule has 0 bridgehead atoms. The largest absolute Gasteiger partial charge is 0.481 e.